The highest BCUT2D eigenvalue weighted by Gasteiger charge is 2.15. The van der Waals surface area contributed by atoms with Crippen molar-refractivity contribution in [3.05, 3.63) is 27.7 Å². The van der Waals surface area contributed by atoms with Crippen LogP contribution in [0.3, 0.4) is 0 Å². The van der Waals surface area contributed by atoms with Crippen LogP contribution in [0.15, 0.2) is 12.1 Å². The largest absolute Gasteiger partial charge is 0.494 e. The Morgan fingerprint density at radius 3 is 2.39 bits per heavy atom. The van der Waals surface area contributed by atoms with E-state index in [-0.39, 0.29) is 5.91 Å². The van der Waals surface area contributed by atoms with Gasteiger partial charge in [-0.15, -0.1) is 0 Å². The van der Waals surface area contributed by atoms with E-state index >= 15 is 0 Å². The van der Waals surface area contributed by atoms with Gasteiger partial charge in [-0.25, -0.2) is 0 Å². The van der Waals surface area contributed by atoms with Gasteiger partial charge in [0.25, 0.3) is 5.91 Å². The van der Waals surface area contributed by atoms with E-state index in [9.17, 15) is 4.79 Å². The van der Waals surface area contributed by atoms with E-state index in [0.717, 1.165) is 39.1 Å². The topological polar surface area (TPSA) is 44.8 Å². The van der Waals surface area contributed by atoms with E-state index < -0.39 is 0 Å². The van der Waals surface area contributed by atoms with Crippen LogP contribution in [-0.2, 0) is 0 Å². The Morgan fingerprint density at radius 2 is 1.83 bits per heavy atom. The average molecular weight is 360 g/mol. The van der Waals surface area contributed by atoms with Crippen LogP contribution < -0.4 is 10.1 Å². The molecule has 1 fully saturated rings. The molecule has 1 aliphatic rings. The molecule has 0 radical (unpaired) electrons. The Labute approximate surface area is 147 Å². The van der Waals surface area contributed by atoms with Crippen LogP contribution in [0.2, 0.25) is 10.0 Å². The molecule has 1 aromatic rings. The third-order valence-corrected chi connectivity index (χ3v) is 4.56. The minimum Gasteiger partial charge on any atom is -0.494 e. The second-order valence-corrected chi connectivity index (χ2v) is 6.54. The number of amides is 1. The molecular weight excluding hydrogens is 337 g/mol. The summed E-state index contributed by atoms with van der Waals surface area (Å²) < 4.78 is 5.08. The van der Waals surface area contributed by atoms with Crippen LogP contribution in [0.1, 0.15) is 16.8 Å². The Balaban J connectivity index is 1.77. The van der Waals surface area contributed by atoms with Gasteiger partial charge < -0.3 is 19.9 Å². The first-order chi connectivity index (χ1) is 11.0. The number of halogens is 2. The molecule has 128 valence electrons. The summed E-state index contributed by atoms with van der Waals surface area (Å²) in [6.07, 6.45) is 0.924. The molecule has 0 aliphatic carbocycles. The quantitative estimate of drug-likeness (QED) is 0.792. The molecule has 5 nitrogen and oxygen atoms in total. The molecule has 1 heterocycles. The molecule has 7 heteroatoms. The maximum atomic E-state index is 12.2. The number of rotatable bonds is 6. The normalized spacial score (nSPS) is 16.3. The molecule has 0 bridgehead atoms. The van der Waals surface area contributed by atoms with Crippen molar-refractivity contribution in [1.29, 1.82) is 0 Å². The zero-order valence-electron chi connectivity index (χ0n) is 13.6. The lowest BCUT2D eigenvalue weighted by Gasteiger charge is -2.32. The number of likely N-dealkylation sites (N-methyl/N-ethyl adjacent to an activating group) is 1. The minimum absolute atomic E-state index is 0.171. The van der Waals surface area contributed by atoms with E-state index in [2.05, 4.69) is 22.2 Å². The number of piperazine rings is 1. The van der Waals surface area contributed by atoms with Crippen molar-refractivity contribution in [2.24, 2.45) is 0 Å². The molecule has 1 aliphatic heterocycles. The van der Waals surface area contributed by atoms with Gasteiger partial charge in [0.05, 0.1) is 17.2 Å². The van der Waals surface area contributed by atoms with E-state index in [1.165, 1.54) is 7.11 Å². The highest BCUT2D eigenvalue weighted by Crippen LogP contribution is 2.33. The fourth-order valence-corrected chi connectivity index (χ4v) is 3.21. The van der Waals surface area contributed by atoms with Gasteiger partial charge in [0.1, 0.15) is 0 Å². The number of benzene rings is 1. The van der Waals surface area contributed by atoms with Gasteiger partial charge in [0.2, 0.25) is 0 Å². The van der Waals surface area contributed by atoms with Gasteiger partial charge in [-0.1, -0.05) is 23.2 Å². The summed E-state index contributed by atoms with van der Waals surface area (Å²) in [5, 5.41) is 3.58. The fourth-order valence-electron chi connectivity index (χ4n) is 2.56. The first-order valence-corrected chi connectivity index (χ1v) is 8.49. The van der Waals surface area contributed by atoms with Crippen LogP contribution in [0.4, 0.5) is 0 Å². The summed E-state index contributed by atoms with van der Waals surface area (Å²) in [4.78, 5) is 16.9. The van der Waals surface area contributed by atoms with Gasteiger partial charge in [-0.2, -0.15) is 0 Å². The van der Waals surface area contributed by atoms with E-state index in [4.69, 9.17) is 27.9 Å². The predicted octanol–water partition coefficient (Wildman–Crippen LogP) is 2.37. The zero-order valence-corrected chi connectivity index (χ0v) is 15.1. The van der Waals surface area contributed by atoms with Crippen LogP contribution in [0.5, 0.6) is 5.75 Å². The van der Waals surface area contributed by atoms with Gasteiger partial charge in [0, 0.05) is 38.3 Å². The SMILES string of the molecule is COc1c(Cl)cc(C(=O)NCCCN2CCN(C)CC2)cc1Cl. The fraction of sp³-hybridized carbons (Fsp3) is 0.562. The summed E-state index contributed by atoms with van der Waals surface area (Å²) in [5.74, 6) is 0.217. The number of hydrogen-bond acceptors (Lipinski definition) is 4. The lowest BCUT2D eigenvalue weighted by atomic mass is 10.2. The number of methoxy groups -OCH3 is 1. The van der Waals surface area contributed by atoms with Crippen molar-refractivity contribution in [3.63, 3.8) is 0 Å². The number of ether oxygens (including phenoxy) is 1. The van der Waals surface area contributed by atoms with Crippen LogP contribution in [0.25, 0.3) is 0 Å². The summed E-state index contributed by atoms with van der Waals surface area (Å²) in [6.45, 7) is 6.03. The second-order valence-electron chi connectivity index (χ2n) is 5.73. The molecule has 1 saturated heterocycles. The number of carbonyl (C=O) groups excluding carboxylic acids is 1. The third-order valence-electron chi connectivity index (χ3n) is 4.00. The monoisotopic (exact) mass is 359 g/mol. The number of nitrogens with zero attached hydrogens (tertiary/aromatic N) is 2. The molecule has 0 saturated carbocycles. The Hall–Kier alpha value is -1.01. The van der Waals surface area contributed by atoms with Gasteiger partial charge in [-0.05, 0) is 32.1 Å². The molecule has 0 spiro atoms. The van der Waals surface area contributed by atoms with E-state index in [1.807, 2.05) is 0 Å². The van der Waals surface area contributed by atoms with Gasteiger partial charge in [-0.3, -0.25) is 4.79 Å². The Bertz CT molecular complexity index is 523. The van der Waals surface area contributed by atoms with Crippen molar-refractivity contribution < 1.29 is 9.53 Å². The maximum absolute atomic E-state index is 12.2. The van der Waals surface area contributed by atoms with E-state index in [0.29, 0.717) is 27.9 Å². The predicted molar refractivity (Wildman–Crippen MR) is 93.9 cm³/mol. The first kappa shape index (κ1) is 18.3. The number of carbonyl (C=O) groups is 1. The van der Waals surface area contributed by atoms with Crippen LogP contribution in [0, 0.1) is 0 Å². The molecule has 1 aromatic carbocycles. The van der Waals surface area contributed by atoms with Gasteiger partial charge in [0.15, 0.2) is 5.75 Å². The second kappa shape index (κ2) is 8.73. The number of nitrogens with one attached hydrogen (secondary N) is 1. The average Bonchev–Trinajstić information content (AvgIpc) is 2.52. The Kier molecular flexibility index (Phi) is 6.96. The standard InChI is InChI=1S/C16H23Cl2N3O2/c1-20-6-8-21(9-7-20)5-3-4-19-16(22)12-10-13(17)15(23-2)14(18)11-12/h10-11H,3-9H2,1-2H3,(H,19,22). The molecule has 0 unspecified atom stereocenters. The van der Waals surface area contributed by atoms with Crippen molar-refractivity contribution in [2.45, 2.75) is 6.42 Å². The van der Waals surface area contributed by atoms with Crippen molar-refractivity contribution in [2.75, 3.05) is 53.4 Å². The first-order valence-electron chi connectivity index (χ1n) is 7.73. The van der Waals surface area contributed by atoms with E-state index in [1.54, 1.807) is 12.1 Å². The summed E-state index contributed by atoms with van der Waals surface area (Å²) in [5.41, 5.74) is 0.445. The lowest BCUT2D eigenvalue weighted by molar-refractivity contribution is 0.0949. The Morgan fingerprint density at radius 1 is 1.22 bits per heavy atom. The highest BCUT2D eigenvalue weighted by atomic mass is 35.5. The minimum atomic E-state index is -0.171. The van der Waals surface area contributed by atoms with Gasteiger partial charge >= 0.3 is 0 Å². The third kappa shape index (κ3) is 5.24. The molecule has 23 heavy (non-hydrogen) atoms. The maximum Gasteiger partial charge on any atom is 0.251 e. The smallest absolute Gasteiger partial charge is 0.251 e. The molecule has 0 atom stereocenters. The van der Waals surface area contributed by atoms with Crippen molar-refractivity contribution in [1.82, 2.24) is 15.1 Å². The molecular formula is C16H23Cl2N3O2. The molecule has 1 N–H and O–H groups in total. The molecule has 1 amide bonds. The lowest BCUT2D eigenvalue weighted by Crippen LogP contribution is -2.45. The number of hydrogen-bond donors (Lipinski definition) is 1. The highest BCUT2D eigenvalue weighted by molar-refractivity contribution is 6.37. The molecule has 0 aromatic heterocycles. The van der Waals surface area contributed by atoms with Crippen LogP contribution in [-0.4, -0.2) is 69.1 Å². The summed E-state index contributed by atoms with van der Waals surface area (Å²) in [7, 11) is 3.63. The van der Waals surface area contributed by atoms with Crippen molar-refractivity contribution >= 4 is 29.1 Å². The van der Waals surface area contributed by atoms with Crippen LogP contribution >= 0.6 is 23.2 Å². The molecule has 2 rings (SSSR count). The van der Waals surface area contributed by atoms with Crippen molar-refractivity contribution in [3.8, 4) is 5.75 Å². The summed E-state index contributed by atoms with van der Waals surface area (Å²) in [6, 6.07) is 3.14. The summed E-state index contributed by atoms with van der Waals surface area (Å²) >= 11 is 12.1. The zero-order chi connectivity index (χ0) is 16.8.